The smallest absolute Gasteiger partial charge is 0.301 e. The third kappa shape index (κ3) is 4.19. The minimum absolute atomic E-state index is 0.385. The predicted octanol–water partition coefficient (Wildman–Crippen LogP) is 0.778. The maximum absolute atomic E-state index is 12.3. The fourth-order valence-electron chi connectivity index (χ4n) is 2.41. The van der Waals surface area contributed by atoms with E-state index in [9.17, 15) is 8.42 Å². The second kappa shape index (κ2) is 7.05. The minimum Gasteiger partial charge on any atom is -0.316 e. The SMILES string of the molecule is CCCNCC1CCCN(S(=O)(=O)Nc2cn[nH]c2)C1. The molecule has 1 unspecified atom stereocenters. The van der Waals surface area contributed by atoms with Gasteiger partial charge in [-0.15, -0.1) is 0 Å². The molecule has 0 radical (unpaired) electrons. The number of hydrogen-bond donors (Lipinski definition) is 3. The van der Waals surface area contributed by atoms with Gasteiger partial charge in [-0.1, -0.05) is 6.92 Å². The van der Waals surface area contributed by atoms with E-state index < -0.39 is 10.2 Å². The molecule has 1 aliphatic heterocycles. The van der Waals surface area contributed by atoms with Crippen molar-refractivity contribution in [2.45, 2.75) is 26.2 Å². The maximum atomic E-state index is 12.3. The summed E-state index contributed by atoms with van der Waals surface area (Å²) >= 11 is 0. The van der Waals surface area contributed by atoms with Gasteiger partial charge in [0.2, 0.25) is 0 Å². The summed E-state index contributed by atoms with van der Waals surface area (Å²) in [4.78, 5) is 0. The van der Waals surface area contributed by atoms with Gasteiger partial charge in [0, 0.05) is 19.3 Å². The van der Waals surface area contributed by atoms with Crippen molar-refractivity contribution in [2.75, 3.05) is 30.9 Å². The van der Waals surface area contributed by atoms with Crippen molar-refractivity contribution >= 4 is 15.9 Å². The van der Waals surface area contributed by atoms with E-state index in [2.05, 4.69) is 27.2 Å². The van der Waals surface area contributed by atoms with Crippen molar-refractivity contribution < 1.29 is 8.42 Å². The number of hydrogen-bond acceptors (Lipinski definition) is 4. The third-order valence-electron chi connectivity index (χ3n) is 3.43. The quantitative estimate of drug-likeness (QED) is 0.649. The standard InChI is InChI=1S/C12H23N5O2S/c1-2-5-13-7-11-4-3-6-17(10-11)20(18,19)16-12-8-14-15-9-12/h8-9,11,13,16H,2-7,10H2,1H3,(H,14,15). The normalized spacial score (nSPS) is 20.9. The molecule has 2 heterocycles. The lowest BCUT2D eigenvalue weighted by Gasteiger charge is -2.32. The van der Waals surface area contributed by atoms with E-state index in [-0.39, 0.29) is 0 Å². The van der Waals surface area contributed by atoms with Gasteiger partial charge in [-0.25, -0.2) is 0 Å². The van der Waals surface area contributed by atoms with Gasteiger partial charge in [0.05, 0.1) is 11.9 Å². The Kier molecular flexibility index (Phi) is 5.38. The Hall–Kier alpha value is -1.12. The molecule has 8 heteroatoms. The van der Waals surface area contributed by atoms with Crippen LogP contribution in [0.5, 0.6) is 0 Å². The van der Waals surface area contributed by atoms with Crippen molar-refractivity contribution in [3.05, 3.63) is 12.4 Å². The van der Waals surface area contributed by atoms with E-state index in [1.165, 1.54) is 16.7 Å². The fourth-order valence-corrected chi connectivity index (χ4v) is 3.73. The van der Waals surface area contributed by atoms with E-state index >= 15 is 0 Å². The molecule has 1 aliphatic rings. The number of nitrogens with one attached hydrogen (secondary N) is 3. The Morgan fingerprint density at radius 3 is 3.10 bits per heavy atom. The molecule has 0 spiro atoms. The van der Waals surface area contributed by atoms with Crippen LogP contribution in [0.2, 0.25) is 0 Å². The van der Waals surface area contributed by atoms with E-state index in [0.717, 1.165) is 32.4 Å². The van der Waals surface area contributed by atoms with E-state index in [1.54, 1.807) is 0 Å². The molecule has 1 atom stereocenters. The number of aromatic amines is 1. The molecule has 1 fully saturated rings. The summed E-state index contributed by atoms with van der Waals surface area (Å²) in [6.45, 7) is 5.14. The molecule has 0 aliphatic carbocycles. The van der Waals surface area contributed by atoms with Crippen molar-refractivity contribution in [2.24, 2.45) is 5.92 Å². The summed E-state index contributed by atoms with van der Waals surface area (Å²) in [5.74, 6) is 0.385. The molecule has 0 bridgehead atoms. The molecule has 20 heavy (non-hydrogen) atoms. The summed E-state index contributed by atoms with van der Waals surface area (Å²) in [5, 5.41) is 9.69. The van der Waals surface area contributed by atoms with Crippen molar-refractivity contribution in [1.29, 1.82) is 0 Å². The molecule has 3 N–H and O–H groups in total. The largest absolute Gasteiger partial charge is 0.316 e. The molecule has 2 rings (SSSR count). The minimum atomic E-state index is -3.47. The van der Waals surface area contributed by atoms with Crippen LogP contribution in [0, 0.1) is 5.92 Å². The lowest BCUT2D eigenvalue weighted by atomic mass is 10.00. The molecule has 1 aromatic rings. The zero-order valence-electron chi connectivity index (χ0n) is 11.8. The second-order valence-corrected chi connectivity index (χ2v) is 6.84. The van der Waals surface area contributed by atoms with Crippen LogP contribution in [-0.2, 0) is 10.2 Å². The summed E-state index contributed by atoms with van der Waals surface area (Å²) in [6, 6.07) is 0. The van der Waals surface area contributed by atoms with Crippen LogP contribution in [0.4, 0.5) is 5.69 Å². The number of anilines is 1. The Bertz CT molecular complexity index is 488. The lowest BCUT2D eigenvalue weighted by molar-refractivity contribution is 0.261. The van der Waals surface area contributed by atoms with Crippen molar-refractivity contribution in [1.82, 2.24) is 19.8 Å². The lowest BCUT2D eigenvalue weighted by Crippen LogP contribution is -2.45. The van der Waals surface area contributed by atoms with Crippen molar-refractivity contribution in [3.63, 3.8) is 0 Å². The van der Waals surface area contributed by atoms with Crippen LogP contribution < -0.4 is 10.0 Å². The fraction of sp³-hybridized carbons (Fsp3) is 0.750. The highest BCUT2D eigenvalue weighted by Gasteiger charge is 2.28. The van der Waals surface area contributed by atoms with E-state index in [1.807, 2.05) is 0 Å². The Morgan fingerprint density at radius 2 is 2.40 bits per heavy atom. The zero-order valence-corrected chi connectivity index (χ0v) is 12.6. The van der Waals surface area contributed by atoms with Crippen LogP contribution >= 0.6 is 0 Å². The molecule has 0 amide bonds. The highest BCUT2D eigenvalue weighted by atomic mass is 32.2. The Balaban J connectivity index is 1.90. The summed E-state index contributed by atoms with van der Waals surface area (Å²) < 4.78 is 28.6. The zero-order chi connectivity index (χ0) is 14.4. The molecule has 114 valence electrons. The Morgan fingerprint density at radius 1 is 1.55 bits per heavy atom. The first-order chi connectivity index (χ1) is 9.62. The molecule has 0 aromatic carbocycles. The molecule has 0 saturated carbocycles. The third-order valence-corrected chi connectivity index (χ3v) is 4.93. The van der Waals surface area contributed by atoms with Gasteiger partial charge in [-0.05, 0) is 38.3 Å². The van der Waals surface area contributed by atoms with Crippen LogP contribution in [0.15, 0.2) is 12.4 Å². The summed E-state index contributed by atoms with van der Waals surface area (Å²) in [7, 11) is -3.47. The Labute approximate surface area is 120 Å². The molecular formula is C12H23N5O2S. The van der Waals surface area contributed by atoms with Crippen LogP contribution in [0.3, 0.4) is 0 Å². The molecule has 1 aromatic heterocycles. The van der Waals surface area contributed by atoms with Gasteiger partial charge in [0.25, 0.3) is 0 Å². The van der Waals surface area contributed by atoms with E-state index in [4.69, 9.17) is 0 Å². The first kappa shape index (κ1) is 15.3. The van der Waals surface area contributed by atoms with Gasteiger partial charge in [0.1, 0.15) is 0 Å². The van der Waals surface area contributed by atoms with Gasteiger partial charge in [-0.2, -0.15) is 17.8 Å². The molecule has 1 saturated heterocycles. The average Bonchev–Trinajstić information content (AvgIpc) is 2.92. The number of aromatic nitrogens is 2. The number of piperidine rings is 1. The highest BCUT2D eigenvalue weighted by Crippen LogP contribution is 2.19. The number of H-pyrrole nitrogens is 1. The topological polar surface area (TPSA) is 90.1 Å². The summed E-state index contributed by atoms with van der Waals surface area (Å²) in [5.41, 5.74) is 0.469. The first-order valence-electron chi connectivity index (χ1n) is 7.09. The first-order valence-corrected chi connectivity index (χ1v) is 8.53. The molecule has 7 nitrogen and oxygen atoms in total. The van der Waals surface area contributed by atoms with Gasteiger partial charge in [0.15, 0.2) is 0 Å². The van der Waals surface area contributed by atoms with Gasteiger partial charge in [-0.3, -0.25) is 9.82 Å². The van der Waals surface area contributed by atoms with Crippen molar-refractivity contribution in [3.8, 4) is 0 Å². The van der Waals surface area contributed by atoms with Gasteiger partial charge >= 0.3 is 10.2 Å². The van der Waals surface area contributed by atoms with E-state index in [0.29, 0.717) is 24.7 Å². The monoisotopic (exact) mass is 301 g/mol. The number of nitrogens with zero attached hydrogens (tertiary/aromatic N) is 2. The summed E-state index contributed by atoms with van der Waals surface area (Å²) in [6.07, 6.45) is 6.07. The second-order valence-electron chi connectivity index (χ2n) is 5.16. The predicted molar refractivity (Wildman–Crippen MR) is 78.6 cm³/mol. The average molecular weight is 301 g/mol. The van der Waals surface area contributed by atoms with Gasteiger partial charge < -0.3 is 5.32 Å². The maximum Gasteiger partial charge on any atom is 0.301 e. The number of rotatable bonds is 7. The van der Waals surface area contributed by atoms with Crippen LogP contribution in [-0.4, -0.2) is 49.1 Å². The molecular weight excluding hydrogens is 278 g/mol. The van der Waals surface area contributed by atoms with Crippen LogP contribution in [0.1, 0.15) is 26.2 Å². The highest BCUT2D eigenvalue weighted by molar-refractivity contribution is 7.90. The van der Waals surface area contributed by atoms with Crippen LogP contribution in [0.25, 0.3) is 0 Å².